The number of nitrogens with zero attached hydrogens (tertiary/aromatic N) is 3. The summed E-state index contributed by atoms with van der Waals surface area (Å²) in [7, 11) is 0. The fourth-order valence-electron chi connectivity index (χ4n) is 2.00. The van der Waals surface area contributed by atoms with Crippen LogP contribution < -0.4 is 4.74 Å². The van der Waals surface area contributed by atoms with E-state index in [1.165, 1.54) is 11.8 Å². The van der Waals surface area contributed by atoms with Gasteiger partial charge < -0.3 is 14.1 Å². The minimum Gasteiger partial charge on any atom is -0.484 e. The predicted octanol–water partition coefficient (Wildman–Crippen LogP) is 2.92. The Balaban J connectivity index is 1.82. The van der Waals surface area contributed by atoms with Gasteiger partial charge >= 0.3 is 0 Å². The van der Waals surface area contributed by atoms with E-state index in [9.17, 15) is 4.79 Å². The molecule has 0 N–H and O–H groups in total. The van der Waals surface area contributed by atoms with E-state index < -0.39 is 0 Å². The zero-order chi connectivity index (χ0) is 16.7. The van der Waals surface area contributed by atoms with E-state index in [1.807, 2.05) is 45.0 Å². The molecule has 0 spiro atoms. The zero-order valence-electron chi connectivity index (χ0n) is 13.6. The summed E-state index contributed by atoms with van der Waals surface area (Å²) in [4.78, 5) is 13.7. The van der Waals surface area contributed by atoms with Gasteiger partial charge in [0.1, 0.15) is 5.75 Å². The first kappa shape index (κ1) is 17.3. The molecule has 1 heterocycles. The summed E-state index contributed by atoms with van der Waals surface area (Å²) >= 11 is 1.25. The maximum atomic E-state index is 11.9. The third-order valence-corrected chi connectivity index (χ3v) is 4.04. The van der Waals surface area contributed by atoms with Crippen LogP contribution >= 0.6 is 11.8 Å². The molecule has 0 unspecified atom stereocenters. The number of aromatic nitrogens is 2. The van der Waals surface area contributed by atoms with E-state index in [1.54, 1.807) is 4.90 Å². The molecule has 0 aliphatic rings. The van der Waals surface area contributed by atoms with Gasteiger partial charge in [-0.15, -0.1) is 10.2 Å². The quantitative estimate of drug-likeness (QED) is 0.691. The third-order valence-electron chi connectivity index (χ3n) is 3.24. The second-order valence-electron chi connectivity index (χ2n) is 4.92. The molecule has 0 fully saturated rings. The monoisotopic (exact) mass is 335 g/mol. The summed E-state index contributed by atoms with van der Waals surface area (Å²) in [5, 5.41) is 8.24. The van der Waals surface area contributed by atoms with Crippen LogP contribution in [0.2, 0.25) is 0 Å². The molecule has 6 nitrogen and oxygen atoms in total. The molecule has 7 heteroatoms. The van der Waals surface area contributed by atoms with Crippen LogP contribution in [0.4, 0.5) is 0 Å². The van der Waals surface area contributed by atoms with Gasteiger partial charge in [-0.2, -0.15) is 0 Å². The maximum absolute atomic E-state index is 11.9. The Morgan fingerprint density at radius 1 is 1.30 bits per heavy atom. The average molecular weight is 335 g/mol. The molecular formula is C16H21N3O3S. The lowest BCUT2D eigenvalue weighted by Crippen LogP contribution is -2.31. The number of hydrogen-bond acceptors (Lipinski definition) is 6. The summed E-state index contributed by atoms with van der Waals surface area (Å²) in [5.41, 5.74) is 1.12. The van der Waals surface area contributed by atoms with Crippen LogP contribution in [0.1, 0.15) is 25.3 Å². The molecule has 0 aliphatic carbocycles. The lowest BCUT2D eigenvalue weighted by atomic mass is 10.2. The highest BCUT2D eigenvalue weighted by Crippen LogP contribution is 2.18. The van der Waals surface area contributed by atoms with Crippen molar-refractivity contribution in [1.29, 1.82) is 0 Å². The van der Waals surface area contributed by atoms with Crippen molar-refractivity contribution in [1.82, 2.24) is 15.1 Å². The van der Waals surface area contributed by atoms with Gasteiger partial charge in [0.25, 0.3) is 11.1 Å². The number of ether oxygens (including phenoxy) is 1. The molecule has 0 radical (unpaired) electrons. The molecule has 0 saturated heterocycles. The fraction of sp³-hybridized carbons (Fsp3) is 0.438. The molecule has 0 saturated carbocycles. The minimum atomic E-state index is 0.0655. The number of benzene rings is 1. The summed E-state index contributed by atoms with van der Waals surface area (Å²) in [5.74, 6) is 1.51. The largest absolute Gasteiger partial charge is 0.484 e. The summed E-state index contributed by atoms with van der Waals surface area (Å²) in [6.07, 6.45) is 0. The molecule has 0 atom stereocenters. The fourth-order valence-corrected chi connectivity index (χ4v) is 2.68. The Morgan fingerprint density at radius 2 is 2.09 bits per heavy atom. The predicted molar refractivity (Wildman–Crippen MR) is 88.5 cm³/mol. The van der Waals surface area contributed by atoms with Crippen LogP contribution in [0.15, 0.2) is 33.9 Å². The van der Waals surface area contributed by atoms with Gasteiger partial charge in [-0.05, 0) is 38.5 Å². The van der Waals surface area contributed by atoms with Gasteiger partial charge in [0, 0.05) is 13.1 Å². The van der Waals surface area contributed by atoms with Crippen LogP contribution in [0.3, 0.4) is 0 Å². The molecule has 1 amide bonds. The Labute approximate surface area is 140 Å². The highest BCUT2D eigenvalue weighted by Gasteiger charge is 2.13. The number of hydrogen-bond donors (Lipinski definition) is 0. The first-order valence-electron chi connectivity index (χ1n) is 7.54. The van der Waals surface area contributed by atoms with Crippen molar-refractivity contribution in [2.75, 3.05) is 18.8 Å². The molecule has 124 valence electrons. The Morgan fingerprint density at radius 3 is 2.78 bits per heavy atom. The molecule has 0 bridgehead atoms. The Hall–Kier alpha value is -2.02. The van der Waals surface area contributed by atoms with Crippen LogP contribution in [-0.2, 0) is 11.4 Å². The van der Waals surface area contributed by atoms with Crippen molar-refractivity contribution < 1.29 is 13.9 Å². The summed E-state index contributed by atoms with van der Waals surface area (Å²) in [6.45, 7) is 7.53. The maximum Gasteiger partial charge on any atom is 0.277 e. The van der Waals surface area contributed by atoms with Gasteiger partial charge in [0.15, 0.2) is 6.61 Å². The van der Waals surface area contributed by atoms with E-state index in [0.717, 1.165) is 11.3 Å². The van der Waals surface area contributed by atoms with Crippen molar-refractivity contribution >= 4 is 17.7 Å². The number of carbonyl (C=O) groups excluding carboxylic acids is 1. The highest BCUT2D eigenvalue weighted by molar-refractivity contribution is 7.99. The Bertz CT molecular complexity index is 641. The van der Waals surface area contributed by atoms with Crippen LogP contribution in [0.5, 0.6) is 5.75 Å². The smallest absolute Gasteiger partial charge is 0.277 e. The number of rotatable bonds is 8. The van der Waals surface area contributed by atoms with Gasteiger partial charge in [-0.1, -0.05) is 23.9 Å². The van der Waals surface area contributed by atoms with Crippen molar-refractivity contribution in [3.63, 3.8) is 0 Å². The first-order valence-corrected chi connectivity index (χ1v) is 8.53. The third kappa shape index (κ3) is 5.28. The standard InChI is InChI=1S/C16H21N3O3S/c1-4-19(5-2)15(20)11-23-16-18-17-14(22-16)10-21-13-8-6-7-12(3)9-13/h6-9H,4-5,10-11H2,1-3H3. The Kier molecular flexibility index (Phi) is 6.46. The van der Waals surface area contributed by atoms with Gasteiger partial charge in [0.05, 0.1) is 5.75 Å². The van der Waals surface area contributed by atoms with Crippen LogP contribution in [0.25, 0.3) is 0 Å². The van der Waals surface area contributed by atoms with Crippen molar-refractivity contribution in [3.8, 4) is 5.75 Å². The summed E-state index contributed by atoms with van der Waals surface area (Å²) in [6, 6.07) is 7.75. The van der Waals surface area contributed by atoms with Crippen molar-refractivity contribution in [2.45, 2.75) is 32.6 Å². The number of carbonyl (C=O) groups is 1. The lowest BCUT2D eigenvalue weighted by Gasteiger charge is -2.17. The van der Waals surface area contributed by atoms with E-state index in [0.29, 0.717) is 30.0 Å². The van der Waals surface area contributed by atoms with Crippen molar-refractivity contribution in [3.05, 3.63) is 35.7 Å². The van der Waals surface area contributed by atoms with Crippen molar-refractivity contribution in [2.24, 2.45) is 0 Å². The normalized spacial score (nSPS) is 10.6. The van der Waals surface area contributed by atoms with Gasteiger partial charge in [-0.25, -0.2) is 0 Å². The second kappa shape index (κ2) is 8.57. The van der Waals surface area contributed by atoms with E-state index >= 15 is 0 Å². The molecule has 1 aromatic carbocycles. The molecule has 2 rings (SSSR count). The average Bonchev–Trinajstić information content (AvgIpc) is 3.00. The SMILES string of the molecule is CCN(CC)C(=O)CSc1nnc(COc2cccc(C)c2)o1. The lowest BCUT2D eigenvalue weighted by molar-refractivity contribution is -0.127. The molecule has 1 aromatic heterocycles. The molecule has 23 heavy (non-hydrogen) atoms. The van der Waals surface area contributed by atoms with Gasteiger partial charge in [0.2, 0.25) is 5.91 Å². The molecular weight excluding hydrogens is 314 g/mol. The minimum absolute atomic E-state index is 0.0655. The number of thioether (sulfide) groups is 1. The van der Waals surface area contributed by atoms with Crippen LogP contribution in [0, 0.1) is 6.92 Å². The molecule has 0 aliphatic heterocycles. The number of amides is 1. The first-order chi connectivity index (χ1) is 11.1. The second-order valence-corrected chi connectivity index (χ2v) is 5.85. The van der Waals surface area contributed by atoms with Crippen LogP contribution in [-0.4, -0.2) is 39.8 Å². The van der Waals surface area contributed by atoms with E-state index in [2.05, 4.69) is 10.2 Å². The zero-order valence-corrected chi connectivity index (χ0v) is 14.4. The summed E-state index contributed by atoms with van der Waals surface area (Å²) < 4.78 is 11.1. The number of aryl methyl sites for hydroxylation is 1. The van der Waals surface area contributed by atoms with E-state index in [-0.39, 0.29) is 12.5 Å². The molecule has 2 aromatic rings. The highest BCUT2D eigenvalue weighted by atomic mass is 32.2. The topological polar surface area (TPSA) is 68.5 Å². The van der Waals surface area contributed by atoms with Gasteiger partial charge in [-0.3, -0.25) is 4.79 Å². The van der Waals surface area contributed by atoms with E-state index in [4.69, 9.17) is 9.15 Å².